The average Bonchev–Trinajstić information content (AvgIpc) is 2.67. The fourth-order valence-corrected chi connectivity index (χ4v) is 4.89. The molecule has 0 N–H and O–H groups in total. The molecule has 2 saturated carbocycles. The Morgan fingerprint density at radius 2 is 1.50 bits per heavy atom. The quantitative estimate of drug-likeness (QED) is 0.619. The molecule has 0 radical (unpaired) electrons. The van der Waals surface area contributed by atoms with Crippen LogP contribution >= 0.6 is 0 Å². The van der Waals surface area contributed by atoms with Gasteiger partial charge in [0, 0.05) is 0 Å². The van der Waals surface area contributed by atoms with Crippen molar-refractivity contribution in [1.29, 1.82) is 5.26 Å². The summed E-state index contributed by atoms with van der Waals surface area (Å²) < 4.78 is 12.1. The summed E-state index contributed by atoms with van der Waals surface area (Å²) in [6, 6.07) is 10.4. The summed E-state index contributed by atoms with van der Waals surface area (Å²) in [6.07, 6.45) is 13.9. The predicted molar refractivity (Wildman–Crippen MR) is 96.2 cm³/mol. The van der Waals surface area contributed by atoms with E-state index in [1.807, 2.05) is 12.1 Å². The molecule has 128 valence electrons. The van der Waals surface area contributed by atoms with Gasteiger partial charge in [-0.25, -0.2) is 4.39 Å². The third-order valence-corrected chi connectivity index (χ3v) is 6.40. The second kappa shape index (κ2) is 8.47. The van der Waals surface area contributed by atoms with Gasteiger partial charge in [0.05, 0.1) is 18.0 Å². The van der Waals surface area contributed by atoms with E-state index < -0.39 is 0 Å². The number of halogens is 1. The number of allylic oxidation sites excluding steroid dienone is 1. The SMILES string of the molecule is N#Cc1ccc(C2CCC(C3CCC(C/C=C/F)CC3)CC2)cc1. The highest BCUT2D eigenvalue weighted by molar-refractivity contribution is 5.33. The first kappa shape index (κ1) is 17.2. The monoisotopic (exact) mass is 325 g/mol. The van der Waals surface area contributed by atoms with Gasteiger partial charge in [-0.15, -0.1) is 0 Å². The van der Waals surface area contributed by atoms with Crippen molar-refractivity contribution in [3.05, 3.63) is 47.8 Å². The molecular weight excluding hydrogens is 297 g/mol. The molecule has 0 unspecified atom stereocenters. The molecule has 2 aliphatic carbocycles. The van der Waals surface area contributed by atoms with Crippen molar-refractivity contribution in [3.8, 4) is 6.07 Å². The first-order chi connectivity index (χ1) is 11.8. The Kier molecular flexibility index (Phi) is 6.07. The number of rotatable bonds is 4. The normalized spacial score (nSPS) is 31.0. The van der Waals surface area contributed by atoms with Crippen LogP contribution in [-0.2, 0) is 0 Å². The van der Waals surface area contributed by atoms with Crippen LogP contribution in [0.3, 0.4) is 0 Å². The zero-order valence-corrected chi connectivity index (χ0v) is 14.5. The first-order valence-electron chi connectivity index (χ1n) is 9.55. The predicted octanol–water partition coefficient (Wildman–Crippen LogP) is 6.51. The number of hydrogen-bond donors (Lipinski definition) is 0. The Morgan fingerprint density at radius 3 is 2.04 bits per heavy atom. The minimum Gasteiger partial charge on any atom is -0.216 e. The first-order valence-corrected chi connectivity index (χ1v) is 9.55. The molecule has 1 aromatic carbocycles. The highest BCUT2D eigenvalue weighted by Gasteiger charge is 2.30. The van der Waals surface area contributed by atoms with Crippen LogP contribution in [0.5, 0.6) is 0 Å². The van der Waals surface area contributed by atoms with E-state index >= 15 is 0 Å². The number of benzene rings is 1. The topological polar surface area (TPSA) is 23.8 Å². The second-order valence-electron chi connectivity index (χ2n) is 7.72. The van der Waals surface area contributed by atoms with Gasteiger partial charge in [0.15, 0.2) is 0 Å². The van der Waals surface area contributed by atoms with Gasteiger partial charge < -0.3 is 0 Å². The van der Waals surface area contributed by atoms with Crippen LogP contribution < -0.4 is 0 Å². The highest BCUT2D eigenvalue weighted by Crippen LogP contribution is 2.44. The van der Waals surface area contributed by atoms with Gasteiger partial charge in [-0.05, 0) is 99.2 Å². The van der Waals surface area contributed by atoms with Crippen molar-refractivity contribution in [2.45, 2.75) is 63.7 Å². The third kappa shape index (κ3) is 4.26. The summed E-state index contributed by atoms with van der Waals surface area (Å²) in [5.74, 6) is 3.19. The van der Waals surface area contributed by atoms with Gasteiger partial charge in [0.25, 0.3) is 0 Å². The summed E-state index contributed by atoms with van der Waals surface area (Å²) in [7, 11) is 0. The van der Waals surface area contributed by atoms with Crippen molar-refractivity contribution >= 4 is 0 Å². The zero-order valence-electron chi connectivity index (χ0n) is 14.5. The molecule has 0 amide bonds. The van der Waals surface area contributed by atoms with Crippen molar-refractivity contribution < 1.29 is 4.39 Å². The lowest BCUT2D eigenvalue weighted by Crippen LogP contribution is -2.25. The molecular formula is C22H28FN. The largest absolute Gasteiger partial charge is 0.216 e. The molecule has 3 rings (SSSR count). The van der Waals surface area contributed by atoms with Crippen molar-refractivity contribution in [1.82, 2.24) is 0 Å². The molecule has 0 heterocycles. The van der Waals surface area contributed by atoms with Crippen molar-refractivity contribution in [2.75, 3.05) is 0 Å². The minimum absolute atomic E-state index is 0.681. The van der Waals surface area contributed by atoms with Crippen LogP contribution in [0.15, 0.2) is 36.7 Å². The number of nitrogens with zero attached hydrogens (tertiary/aromatic N) is 1. The molecule has 1 aromatic rings. The van der Waals surface area contributed by atoms with Crippen LogP contribution in [0.1, 0.15) is 74.8 Å². The van der Waals surface area contributed by atoms with Gasteiger partial charge in [-0.2, -0.15) is 5.26 Å². The smallest absolute Gasteiger partial charge is 0.0991 e. The average molecular weight is 325 g/mol. The Bertz CT molecular complexity index is 567. The Balaban J connectivity index is 1.46. The van der Waals surface area contributed by atoms with Gasteiger partial charge in [-0.1, -0.05) is 18.2 Å². The Labute approximate surface area is 145 Å². The molecule has 0 bridgehead atoms. The number of hydrogen-bond acceptors (Lipinski definition) is 1. The standard InChI is InChI=1S/C22H28FN/c23-15-1-2-17-3-7-19(8-4-17)21-11-13-22(14-12-21)20-9-5-18(16-24)6-10-20/h1,5-6,9-10,15,17,19,21-22H,2-4,7-8,11-14H2/b15-1+. The van der Waals surface area contributed by atoms with Gasteiger partial charge in [-0.3, -0.25) is 0 Å². The number of nitriles is 1. The maximum absolute atomic E-state index is 12.1. The maximum atomic E-state index is 12.1. The molecule has 2 fully saturated rings. The summed E-state index contributed by atoms with van der Waals surface area (Å²) in [4.78, 5) is 0. The van der Waals surface area contributed by atoms with Gasteiger partial charge in [0.2, 0.25) is 0 Å². The van der Waals surface area contributed by atoms with E-state index in [9.17, 15) is 4.39 Å². The Morgan fingerprint density at radius 1 is 0.917 bits per heavy atom. The van der Waals surface area contributed by atoms with Gasteiger partial charge >= 0.3 is 0 Å². The van der Waals surface area contributed by atoms with E-state index in [1.54, 1.807) is 6.08 Å². The van der Waals surface area contributed by atoms with E-state index in [1.165, 1.54) is 56.9 Å². The zero-order chi connectivity index (χ0) is 16.8. The van der Waals surface area contributed by atoms with E-state index in [0.29, 0.717) is 18.2 Å². The van der Waals surface area contributed by atoms with Gasteiger partial charge in [0.1, 0.15) is 0 Å². The van der Waals surface area contributed by atoms with E-state index in [2.05, 4.69) is 18.2 Å². The molecule has 1 nitrogen and oxygen atoms in total. The molecule has 0 saturated heterocycles. The van der Waals surface area contributed by atoms with Crippen LogP contribution in [-0.4, -0.2) is 0 Å². The molecule has 2 aliphatic rings. The summed E-state index contributed by atoms with van der Waals surface area (Å²) >= 11 is 0. The molecule has 2 heteroatoms. The van der Waals surface area contributed by atoms with Crippen molar-refractivity contribution in [3.63, 3.8) is 0 Å². The lowest BCUT2D eigenvalue weighted by molar-refractivity contribution is 0.160. The Hall–Kier alpha value is -1.62. The molecule has 0 aromatic heterocycles. The minimum atomic E-state index is 0.681. The lowest BCUT2D eigenvalue weighted by Gasteiger charge is -2.38. The van der Waals surface area contributed by atoms with Crippen LogP contribution in [0.4, 0.5) is 4.39 Å². The van der Waals surface area contributed by atoms with Crippen LogP contribution in [0, 0.1) is 29.1 Å². The molecule has 0 aliphatic heterocycles. The molecule has 24 heavy (non-hydrogen) atoms. The molecule has 0 spiro atoms. The van der Waals surface area contributed by atoms with Crippen molar-refractivity contribution in [2.24, 2.45) is 17.8 Å². The summed E-state index contributed by atoms with van der Waals surface area (Å²) in [6.45, 7) is 0. The van der Waals surface area contributed by atoms with E-state index in [4.69, 9.17) is 5.26 Å². The van der Waals surface area contributed by atoms with Crippen LogP contribution in [0.25, 0.3) is 0 Å². The van der Waals surface area contributed by atoms with Crippen LogP contribution in [0.2, 0.25) is 0 Å². The second-order valence-corrected chi connectivity index (χ2v) is 7.72. The van der Waals surface area contributed by atoms with E-state index in [0.717, 1.165) is 23.8 Å². The summed E-state index contributed by atoms with van der Waals surface area (Å²) in [5.41, 5.74) is 2.17. The van der Waals surface area contributed by atoms with E-state index in [-0.39, 0.29) is 0 Å². The maximum Gasteiger partial charge on any atom is 0.0991 e. The molecule has 0 atom stereocenters. The highest BCUT2D eigenvalue weighted by atomic mass is 19.1. The third-order valence-electron chi connectivity index (χ3n) is 6.40. The fraction of sp³-hybridized carbons (Fsp3) is 0.591. The lowest BCUT2D eigenvalue weighted by atomic mass is 9.68. The fourth-order valence-electron chi connectivity index (χ4n) is 4.89. The summed E-state index contributed by atoms with van der Waals surface area (Å²) in [5, 5.41) is 8.91.